The molecule has 4 unspecified atom stereocenters. The number of aliphatic hydroxyl groups excluding tert-OH is 1. The van der Waals surface area contributed by atoms with E-state index in [1.807, 2.05) is 0 Å². The molecule has 0 spiro atoms. The van der Waals surface area contributed by atoms with Gasteiger partial charge in [-0.2, -0.15) is 8.78 Å². The molecule has 2 aliphatic carbocycles. The summed E-state index contributed by atoms with van der Waals surface area (Å²) in [6, 6.07) is 0. The molecule has 5 heteroatoms. The van der Waals surface area contributed by atoms with E-state index in [0.717, 1.165) is 19.3 Å². The van der Waals surface area contributed by atoms with E-state index in [0.29, 0.717) is 12.3 Å². The van der Waals surface area contributed by atoms with E-state index in [1.54, 1.807) is 0 Å². The molecule has 1 N–H and O–H groups in total. The molecule has 0 amide bonds. The number of halogens is 2. The fourth-order valence-electron chi connectivity index (χ4n) is 3.07. The Morgan fingerprint density at radius 2 is 2.07 bits per heavy atom. The van der Waals surface area contributed by atoms with Gasteiger partial charge in [-0.15, -0.1) is 0 Å². The van der Waals surface area contributed by atoms with Crippen LogP contribution in [0.5, 0.6) is 0 Å². The molecule has 3 nitrogen and oxygen atoms in total. The lowest BCUT2D eigenvalue weighted by Gasteiger charge is -2.32. The highest BCUT2D eigenvalue weighted by Crippen LogP contribution is 2.51. The van der Waals surface area contributed by atoms with Gasteiger partial charge in [0.1, 0.15) is 12.1 Å². The smallest absolute Gasteiger partial charge is 0.312 e. The molecule has 2 bridgehead atoms. The molecule has 15 heavy (non-hydrogen) atoms. The largest absolute Gasteiger partial charge is 0.544 e. The molecule has 0 aliphatic heterocycles. The van der Waals surface area contributed by atoms with Gasteiger partial charge in [0, 0.05) is 0 Å². The second kappa shape index (κ2) is 3.40. The predicted molar refractivity (Wildman–Crippen MR) is 44.9 cm³/mol. The van der Waals surface area contributed by atoms with Crippen LogP contribution in [0.3, 0.4) is 0 Å². The first kappa shape index (κ1) is 10.8. The lowest BCUT2D eigenvalue weighted by Crippen LogP contribution is -2.53. The van der Waals surface area contributed by atoms with E-state index in [1.165, 1.54) is 0 Å². The first-order valence-electron chi connectivity index (χ1n) is 5.20. The summed E-state index contributed by atoms with van der Waals surface area (Å²) in [5, 5.41) is 19.6. The Morgan fingerprint density at radius 1 is 1.40 bits per heavy atom. The zero-order valence-electron chi connectivity index (χ0n) is 8.16. The highest BCUT2D eigenvalue weighted by molar-refractivity contribution is 5.73. The van der Waals surface area contributed by atoms with Gasteiger partial charge >= 0.3 is 5.92 Å². The van der Waals surface area contributed by atoms with Crippen molar-refractivity contribution in [3.63, 3.8) is 0 Å². The Balaban J connectivity index is 2.08. The molecular formula is C10H13F2O3-. The Kier molecular flexibility index (Phi) is 2.45. The van der Waals surface area contributed by atoms with E-state index in [4.69, 9.17) is 0 Å². The van der Waals surface area contributed by atoms with Gasteiger partial charge in [-0.3, -0.25) is 0 Å². The zero-order chi connectivity index (χ0) is 11.2. The van der Waals surface area contributed by atoms with Crippen LogP contribution in [0.1, 0.15) is 25.7 Å². The van der Waals surface area contributed by atoms with Crippen LogP contribution in [0.25, 0.3) is 0 Å². The summed E-state index contributed by atoms with van der Waals surface area (Å²) in [4.78, 5) is 10.2. The van der Waals surface area contributed by atoms with Crippen molar-refractivity contribution in [2.75, 3.05) is 0 Å². The van der Waals surface area contributed by atoms with Crippen molar-refractivity contribution in [2.24, 2.45) is 17.8 Å². The Morgan fingerprint density at radius 3 is 2.47 bits per heavy atom. The number of alkyl halides is 2. The normalized spacial score (nSPS) is 36.9. The number of fused-ring (bicyclic) bond motifs is 2. The molecule has 0 heterocycles. The Hall–Kier alpha value is -0.710. The number of aliphatic carboxylic acids is 1. The Bertz CT molecular complexity index is 280. The molecule has 4 atom stereocenters. The van der Waals surface area contributed by atoms with E-state index in [2.05, 4.69) is 0 Å². The third-order valence-corrected chi connectivity index (χ3v) is 3.84. The van der Waals surface area contributed by atoms with Crippen LogP contribution < -0.4 is 5.11 Å². The molecule has 0 radical (unpaired) electrons. The maximum absolute atomic E-state index is 13.0. The zero-order valence-corrected chi connectivity index (χ0v) is 8.16. The van der Waals surface area contributed by atoms with Crippen molar-refractivity contribution >= 4 is 5.97 Å². The molecule has 0 aromatic heterocycles. The van der Waals surface area contributed by atoms with Crippen LogP contribution >= 0.6 is 0 Å². The number of carbonyl (C=O) groups is 1. The molecule has 2 saturated carbocycles. The van der Waals surface area contributed by atoms with Crippen LogP contribution in [0.4, 0.5) is 8.78 Å². The third-order valence-electron chi connectivity index (χ3n) is 3.84. The molecule has 0 aromatic carbocycles. The van der Waals surface area contributed by atoms with Gasteiger partial charge in [-0.05, 0) is 37.0 Å². The molecule has 2 fully saturated rings. The summed E-state index contributed by atoms with van der Waals surface area (Å²) < 4.78 is 26.0. The number of hydrogen-bond donors (Lipinski definition) is 1. The predicted octanol–water partition coefficient (Wildman–Crippen LogP) is 0.169. The molecule has 0 saturated heterocycles. The highest BCUT2D eigenvalue weighted by atomic mass is 19.3. The lowest BCUT2D eigenvalue weighted by atomic mass is 9.82. The molecular weight excluding hydrogens is 206 g/mol. The first-order chi connectivity index (χ1) is 6.93. The number of rotatable bonds is 3. The second-order valence-corrected chi connectivity index (χ2v) is 4.69. The topological polar surface area (TPSA) is 60.4 Å². The minimum atomic E-state index is -4.12. The van der Waals surface area contributed by atoms with Gasteiger partial charge in [-0.1, -0.05) is 6.42 Å². The van der Waals surface area contributed by atoms with E-state index >= 15 is 0 Å². The lowest BCUT2D eigenvalue weighted by molar-refractivity contribution is -0.338. The summed E-state index contributed by atoms with van der Waals surface area (Å²) in [6.07, 6.45) is 1.14. The number of hydrogen-bond acceptors (Lipinski definition) is 3. The SMILES string of the molecule is O=C([O-])C(F)(F)C(O)C1CC2CCC1C2. The summed E-state index contributed by atoms with van der Waals surface area (Å²) >= 11 is 0. The third kappa shape index (κ3) is 1.62. The average Bonchev–Trinajstić information content (AvgIpc) is 2.76. The molecule has 0 aromatic rings. The van der Waals surface area contributed by atoms with E-state index in [-0.39, 0.29) is 5.92 Å². The summed E-state index contributed by atoms with van der Waals surface area (Å²) in [6.45, 7) is 0. The molecule has 2 rings (SSSR count). The monoisotopic (exact) mass is 219 g/mol. The minimum absolute atomic E-state index is 0.0650. The van der Waals surface area contributed by atoms with Gasteiger partial charge in [-0.25, -0.2) is 0 Å². The van der Waals surface area contributed by atoms with E-state index in [9.17, 15) is 23.8 Å². The van der Waals surface area contributed by atoms with Crippen LogP contribution in [0, 0.1) is 17.8 Å². The van der Waals surface area contributed by atoms with Crippen LogP contribution in [0.15, 0.2) is 0 Å². The maximum atomic E-state index is 13.0. The number of carboxylic acids is 1. The fraction of sp³-hybridized carbons (Fsp3) is 0.900. The standard InChI is InChI=1S/C10H14F2O3/c11-10(12,9(14)15)8(13)7-4-5-1-2-6(7)3-5/h5-8,13H,1-4H2,(H,14,15)/p-1. The van der Waals surface area contributed by atoms with Gasteiger partial charge in [0.05, 0.1) is 0 Å². The first-order valence-corrected chi connectivity index (χ1v) is 5.20. The number of carbonyl (C=O) groups excluding carboxylic acids is 1. The average molecular weight is 219 g/mol. The van der Waals surface area contributed by atoms with Crippen molar-refractivity contribution < 1.29 is 23.8 Å². The number of carboxylic acid groups (broad SMARTS) is 1. The van der Waals surface area contributed by atoms with Gasteiger partial charge in [0.25, 0.3) is 0 Å². The second-order valence-electron chi connectivity index (χ2n) is 4.69. The molecule has 2 aliphatic rings. The van der Waals surface area contributed by atoms with Crippen LogP contribution in [-0.4, -0.2) is 23.1 Å². The van der Waals surface area contributed by atoms with Crippen molar-refractivity contribution in [2.45, 2.75) is 37.7 Å². The summed E-state index contributed by atoms with van der Waals surface area (Å²) in [5.74, 6) is -6.70. The van der Waals surface area contributed by atoms with Gasteiger partial charge in [0.2, 0.25) is 0 Å². The van der Waals surface area contributed by atoms with E-state index < -0.39 is 23.9 Å². The van der Waals surface area contributed by atoms with Crippen molar-refractivity contribution in [1.29, 1.82) is 0 Å². The van der Waals surface area contributed by atoms with Crippen molar-refractivity contribution in [3.8, 4) is 0 Å². The summed E-state index contributed by atoms with van der Waals surface area (Å²) in [5.41, 5.74) is 0. The summed E-state index contributed by atoms with van der Waals surface area (Å²) in [7, 11) is 0. The fourth-order valence-corrected chi connectivity index (χ4v) is 3.07. The Labute approximate surface area is 86.1 Å². The molecule has 86 valence electrons. The highest BCUT2D eigenvalue weighted by Gasteiger charge is 2.52. The maximum Gasteiger partial charge on any atom is 0.312 e. The van der Waals surface area contributed by atoms with Crippen LogP contribution in [-0.2, 0) is 4.79 Å². The minimum Gasteiger partial charge on any atom is -0.544 e. The number of aliphatic hydroxyl groups is 1. The van der Waals surface area contributed by atoms with Crippen molar-refractivity contribution in [3.05, 3.63) is 0 Å². The van der Waals surface area contributed by atoms with Crippen LogP contribution in [0.2, 0.25) is 0 Å². The van der Waals surface area contributed by atoms with Crippen molar-refractivity contribution in [1.82, 2.24) is 0 Å². The van der Waals surface area contributed by atoms with Gasteiger partial charge in [0.15, 0.2) is 0 Å². The quantitative estimate of drug-likeness (QED) is 0.736. The van der Waals surface area contributed by atoms with Gasteiger partial charge < -0.3 is 15.0 Å².